The molecule has 2 aromatic carbocycles. The molecule has 18 heavy (non-hydrogen) atoms. The van der Waals surface area contributed by atoms with E-state index in [1.807, 2.05) is 18.2 Å². The second-order valence-electron chi connectivity index (χ2n) is 3.71. The summed E-state index contributed by atoms with van der Waals surface area (Å²) < 4.78 is 28.0. The van der Waals surface area contributed by atoms with Crippen LogP contribution in [0.5, 0.6) is 0 Å². The fraction of sp³-hybridized carbons (Fsp3) is 0.0769. The molecule has 1 N–H and O–H groups in total. The Morgan fingerprint density at radius 1 is 1.00 bits per heavy atom. The Balaban J connectivity index is 2.11. The van der Waals surface area contributed by atoms with Crippen molar-refractivity contribution >= 4 is 37.5 Å². The van der Waals surface area contributed by atoms with Gasteiger partial charge >= 0.3 is 0 Å². The minimum Gasteiger partial charge on any atom is -0.380 e. The van der Waals surface area contributed by atoms with Crippen LogP contribution in [0.2, 0.25) is 0 Å². The van der Waals surface area contributed by atoms with Crippen LogP contribution in [0.15, 0.2) is 45.3 Å². The zero-order valence-electron chi connectivity index (χ0n) is 9.18. The Labute approximate surface area is 120 Å². The van der Waals surface area contributed by atoms with Crippen LogP contribution in [-0.2, 0) is 6.54 Å². The van der Waals surface area contributed by atoms with E-state index >= 15 is 0 Å². The van der Waals surface area contributed by atoms with Crippen molar-refractivity contribution in [1.82, 2.24) is 0 Å². The number of halogens is 4. The number of rotatable bonds is 3. The molecule has 0 aliphatic rings. The Bertz CT molecular complexity index is 521. The Morgan fingerprint density at radius 3 is 2.44 bits per heavy atom. The zero-order valence-corrected chi connectivity index (χ0v) is 12.4. The third-order valence-electron chi connectivity index (χ3n) is 2.42. The number of nitrogens with one attached hydrogen (secondary N) is 1. The highest BCUT2D eigenvalue weighted by Crippen LogP contribution is 2.26. The predicted molar refractivity (Wildman–Crippen MR) is 75.5 cm³/mol. The van der Waals surface area contributed by atoms with Crippen molar-refractivity contribution in [1.29, 1.82) is 0 Å². The molecular formula is C13H9Br2F2N. The second-order valence-corrected chi connectivity index (χ2v) is 5.48. The molecule has 0 aliphatic carbocycles. The molecular weight excluding hydrogens is 368 g/mol. The van der Waals surface area contributed by atoms with E-state index in [4.69, 9.17) is 0 Å². The van der Waals surface area contributed by atoms with Gasteiger partial charge in [0.05, 0.1) is 0 Å². The first-order chi connectivity index (χ1) is 8.56. The third kappa shape index (κ3) is 3.29. The quantitative estimate of drug-likeness (QED) is 0.785. The smallest absolute Gasteiger partial charge is 0.131 e. The average Bonchev–Trinajstić information content (AvgIpc) is 2.30. The fourth-order valence-corrected chi connectivity index (χ4v) is 2.68. The van der Waals surface area contributed by atoms with Crippen molar-refractivity contribution in [3.8, 4) is 0 Å². The lowest BCUT2D eigenvalue weighted by molar-refractivity contribution is 0.574. The van der Waals surface area contributed by atoms with E-state index in [2.05, 4.69) is 37.2 Å². The first-order valence-corrected chi connectivity index (χ1v) is 6.78. The average molecular weight is 377 g/mol. The second kappa shape index (κ2) is 5.80. The molecule has 2 rings (SSSR count). The van der Waals surface area contributed by atoms with Gasteiger partial charge in [0.25, 0.3) is 0 Å². The Morgan fingerprint density at radius 2 is 1.78 bits per heavy atom. The molecule has 0 heterocycles. The highest BCUT2D eigenvalue weighted by atomic mass is 79.9. The van der Waals surface area contributed by atoms with Crippen LogP contribution in [0.4, 0.5) is 14.5 Å². The topological polar surface area (TPSA) is 12.0 Å². The molecule has 0 aromatic heterocycles. The summed E-state index contributed by atoms with van der Waals surface area (Å²) in [4.78, 5) is 0. The first kappa shape index (κ1) is 13.5. The van der Waals surface area contributed by atoms with Gasteiger partial charge in [0.1, 0.15) is 11.6 Å². The fourth-order valence-electron chi connectivity index (χ4n) is 1.49. The molecule has 0 radical (unpaired) electrons. The van der Waals surface area contributed by atoms with E-state index in [0.717, 1.165) is 20.7 Å². The predicted octanol–water partition coefficient (Wildman–Crippen LogP) is 5.10. The molecule has 0 amide bonds. The van der Waals surface area contributed by atoms with Crippen LogP contribution < -0.4 is 5.32 Å². The van der Waals surface area contributed by atoms with Gasteiger partial charge in [-0.15, -0.1) is 0 Å². The molecule has 0 fully saturated rings. The van der Waals surface area contributed by atoms with Gasteiger partial charge < -0.3 is 5.32 Å². The van der Waals surface area contributed by atoms with E-state index in [1.54, 1.807) is 0 Å². The van der Waals surface area contributed by atoms with Crippen molar-refractivity contribution in [2.75, 3.05) is 5.32 Å². The van der Waals surface area contributed by atoms with Gasteiger partial charge in [0.15, 0.2) is 0 Å². The minimum atomic E-state index is -0.568. The summed E-state index contributed by atoms with van der Waals surface area (Å²) >= 11 is 6.76. The van der Waals surface area contributed by atoms with Gasteiger partial charge in [-0.25, -0.2) is 8.78 Å². The van der Waals surface area contributed by atoms with Crippen molar-refractivity contribution in [2.24, 2.45) is 0 Å². The summed E-state index contributed by atoms with van der Waals surface area (Å²) in [6.45, 7) is 0.298. The minimum absolute atomic E-state index is 0.298. The van der Waals surface area contributed by atoms with E-state index < -0.39 is 11.6 Å². The van der Waals surface area contributed by atoms with Crippen LogP contribution in [0.1, 0.15) is 5.56 Å². The van der Waals surface area contributed by atoms with Crippen LogP contribution >= 0.6 is 31.9 Å². The normalized spacial score (nSPS) is 10.4. The first-order valence-electron chi connectivity index (χ1n) is 5.19. The largest absolute Gasteiger partial charge is 0.380 e. The lowest BCUT2D eigenvalue weighted by Gasteiger charge is -2.09. The highest BCUT2D eigenvalue weighted by molar-refractivity contribution is 9.11. The maximum atomic E-state index is 13.4. The summed E-state index contributed by atoms with van der Waals surface area (Å²) in [5.74, 6) is -1.11. The lowest BCUT2D eigenvalue weighted by atomic mass is 10.2. The molecule has 0 unspecified atom stereocenters. The van der Waals surface area contributed by atoms with Gasteiger partial charge in [-0.1, -0.05) is 22.0 Å². The molecule has 0 saturated heterocycles. The zero-order chi connectivity index (χ0) is 13.1. The third-order valence-corrected chi connectivity index (χ3v) is 3.56. The van der Waals surface area contributed by atoms with Gasteiger partial charge in [-0.2, -0.15) is 0 Å². The molecule has 0 saturated carbocycles. The van der Waals surface area contributed by atoms with Crippen LogP contribution in [0, 0.1) is 11.6 Å². The molecule has 0 aliphatic heterocycles. The lowest BCUT2D eigenvalue weighted by Crippen LogP contribution is -2.02. The Hall–Kier alpha value is -0.940. The van der Waals surface area contributed by atoms with Crippen LogP contribution in [0.3, 0.4) is 0 Å². The van der Waals surface area contributed by atoms with E-state index in [0.29, 0.717) is 12.1 Å². The SMILES string of the molecule is Fc1ccc(CNc2ccc(Br)cc2Br)c(F)c1. The molecule has 0 atom stereocenters. The van der Waals surface area contributed by atoms with Crippen molar-refractivity contribution in [2.45, 2.75) is 6.54 Å². The van der Waals surface area contributed by atoms with E-state index in [-0.39, 0.29) is 0 Å². The monoisotopic (exact) mass is 375 g/mol. The van der Waals surface area contributed by atoms with Crippen molar-refractivity contribution < 1.29 is 8.78 Å². The number of hydrogen-bond donors (Lipinski definition) is 1. The van der Waals surface area contributed by atoms with Crippen molar-refractivity contribution in [3.05, 3.63) is 62.5 Å². The summed E-state index contributed by atoms with van der Waals surface area (Å²) in [6, 6.07) is 9.21. The van der Waals surface area contributed by atoms with Crippen molar-refractivity contribution in [3.63, 3.8) is 0 Å². The van der Waals surface area contributed by atoms with Crippen LogP contribution in [0.25, 0.3) is 0 Å². The summed E-state index contributed by atoms with van der Waals surface area (Å²) in [7, 11) is 0. The Kier molecular flexibility index (Phi) is 4.35. The standard InChI is InChI=1S/C13H9Br2F2N/c14-9-2-4-13(11(15)5-9)18-7-8-1-3-10(16)6-12(8)17/h1-6,18H,7H2. The maximum Gasteiger partial charge on any atom is 0.131 e. The van der Waals surface area contributed by atoms with Crippen LogP contribution in [-0.4, -0.2) is 0 Å². The number of anilines is 1. The molecule has 0 bridgehead atoms. The molecule has 2 aromatic rings. The maximum absolute atomic E-state index is 13.4. The van der Waals surface area contributed by atoms with E-state index in [9.17, 15) is 8.78 Å². The van der Waals surface area contributed by atoms with Gasteiger partial charge in [0, 0.05) is 32.8 Å². The summed E-state index contributed by atoms with van der Waals surface area (Å²) in [5.41, 5.74) is 1.27. The van der Waals surface area contributed by atoms with Gasteiger partial charge in [-0.05, 0) is 40.2 Å². The summed E-state index contributed by atoms with van der Waals surface area (Å²) in [5, 5.41) is 3.09. The number of benzene rings is 2. The van der Waals surface area contributed by atoms with E-state index in [1.165, 1.54) is 12.1 Å². The molecule has 5 heteroatoms. The molecule has 1 nitrogen and oxygen atoms in total. The van der Waals surface area contributed by atoms with Gasteiger partial charge in [0.2, 0.25) is 0 Å². The summed E-state index contributed by atoms with van der Waals surface area (Å²) in [6.07, 6.45) is 0. The van der Waals surface area contributed by atoms with Gasteiger partial charge in [-0.3, -0.25) is 0 Å². The highest BCUT2D eigenvalue weighted by Gasteiger charge is 2.05. The molecule has 94 valence electrons. The number of hydrogen-bond acceptors (Lipinski definition) is 1. The molecule has 0 spiro atoms.